The van der Waals surface area contributed by atoms with Crippen molar-refractivity contribution in [3.05, 3.63) is 78.9 Å². The minimum absolute atomic E-state index is 0.167. The second-order valence-electron chi connectivity index (χ2n) is 6.61. The van der Waals surface area contributed by atoms with Crippen molar-refractivity contribution in [3.63, 3.8) is 0 Å². The van der Waals surface area contributed by atoms with Gasteiger partial charge in [-0.2, -0.15) is 0 Å². The molecule has 0 amide bonds. The van der Waals surface area contributed by atoms with E-state index in [0.29, 0.717) is 11.3 Å². The molecule has 0 saturated carbocycles. The predicted octanol–water partition coefficient (Wildman–Crippen LogP) is 6.03. The highest BCUT2D eigenvalue weighted by Gasteiger charge is 2.17. The summed E-state index contributed by atoms with van der Waals surface area (Å²) >= 11 is 0. The lowest BCUT2D eigenvalue weighted by molar-refractivity contribution is 0.415. The molecule has 5 aromatic rings. The Hall–Kier alpha value is -3.79. The van der Waals surface area contributed by atoms with Crippen molar-refractivity contribution in [2.75, 3.05) is 7.11 Å². The lowest BCUT2D eigenvalue weighted by Crippen LogP contribution is -1.88. The molecule has 4 heteroatoms. The third-order valence-electron chi connectivity index (χ3n) is 4.90. The van der Waals surface area contributed by atoms with Crippen molar-refractivity contribution in [2.24, 2.45) is 0 Å². The van der Waals surface area contributed by atoms with Gasteiger partial charge in [-0.15, -0.1) is 0 Å². The third-order valence-corrected chi connectivity index (χ3v) is 4.90. The van der Waals surface area contributed by atoms with Crippen LogP contribution in [0.2, 0.25) is 0 Å². The Kier molecular flexibility index (Phi) is 3.76. The predicted molar refractivity (Wildman–Crippen MR) is 111 cm³/mol. The number of aromatic hydroxyl groups is 1. The Labute approximate surface area is 161 Å². The van der Waals surface area contributed by atoms with Crippen molar-refractivity contribution in [2.45, 2.75) is 0 Å². The molecule has 0 spiro atoms. The Morgan fingerprint density at radius 3 is 2.39 bits per heavy atom. The number of benzene rings is 3. The van der Waals surface area contributed by atoms with Crippen molar-refractivity contribution >= 4 is 22.1 Å². The molecule has 4 nitrogen and oxygen atoms in total. The number of nitrogens with zero attached hydrogens (tertiary/aromatic N) is 1. The number of aromatic nitrogens is 1. The van der Waals surface area contributed by atoms with Crippen LogP contribution < -0.4 is 4.74 Å². The van der Waals surface area contributed by atoms with E-state index in [4.69, 9.17) is 14.1 Å². The average Bonchev–Trinajstić information content (AvgIpc) is 3.11. The number of hydrogen-bond donors (Lipinski definition) is 1. The van der Waals surface area contributed by atoms with Gasteiger partial charge in [0.05, 0.1) is 18.2 Å². The second kappa shape index (κ2) is 6.43. The van der Waals surface area contributed by atoms with Gasteiger partial charge in [-0.05, 0) is 41.5 Å². The topological polar surface area (TPSA) is 55.5 Å². The average molecular weight is 367 g/mol. The van der Waals surface area contributed by atoms with Crippen LogP contribution in [0, 0.1) is 0 Å². The molecule has 3 aromatic carbocycles. The molecule has 28 heavy (non-hydrogen) atoms. The van der Waals surface area contributed by atoms with Gasteiger partial charge in [0.25, 0.3) is 0 Å². The molecule has 0 unspecified atom stereocenters. The van der Waals surface area contributed by atoms with Gasteiger partial charge in [-0.1, -0.05) is 42.5 Å². The number of methoxy groups -OCH3 is 1. The maximum Gasteiger partial charge on any atom is 0.228 e. The largest absolute Gasteiger partial charge is 0.508 e. The van der Waals surface area contributed by atoms with Gasteiger partial charge >= 0.3 is 0 Å². The highest BCUT2D eigenvalue weighted by Crippen LogP contribution is 2.39. The van der Waals surface area contributed by atoms with Crippen LogP contribution in [0.25, 0.3) is 44.5 Å². The summed E-state index contributed by atoms with van der Waals surface area (Å²) in [5, 5.41) is 11.7. The summed E-state index contributed by atoms with van der Waals surface area (Å²) in [6.07, 6.45) is 0. The molecule has 0 fully saturated rings. The van der Waals surface area contributed by atoms with Crippen LogP contribution in [-0.4, -0.2) is 17.2 Å². The quantitative estimate of drug-likeness (QED) is 0.423. The van der Waals surface area contributed by atoms with Gasteiger partial charge in [-0.25, -0.2) is 4.98 Å². The van der Waals surface area contributed by atoms with Gasteiger partial charge in [0, 0.05) is 17.0 Å². The molecule has 0 atom stereocenters. The fraction of sp³-hybridized carbons (Fsp3) is 0.0417. The molecule has 2 heterocycles. The molecule has 0 bridgehead atoms. The van der Waals surface area contributed by atoms with Gasteiger partial charge in [0.15, 0.2) is 0 Å². The molecule has 0 saturated heterocycles. The molecule has 0 radical (unpaired) electrons. The summed E-state index contributed by atoms with van der Waals surface area (Å²) in [6, 6.07) is 25.2. The maximum absolute atomic E-state index is 9.84. The number of rotatable bonds is 3. The standard InChI is InChI=1S/C24H17NO3/c1-27-18-10-7-15(8-11-18)20-14-21(16-5-3-2-4-6-16)25-24-23(20)19-12-9-17(26)13-22(19)28-24/h2-14,26H,1H3. The lowest BCUT2D eigenvalue weighted by Gasteiger charge is -2.08. The Morgan fingerprint density at radius 2 is 1.64 bits per heavy atom. The Bertz CT molecular complexity index is 1290. The lowest BCUT2D eigenvalue weighted by atomic mass is 9.98. The molecular formula is C24H17NO3. The molecule has 2 aromatic heterocycles. The number of phenolic OH excluding ortho intramolecular Hbond substituents is 1. The van der Waals surface area contributed by atoms with Gasteiger partial charge in [0.1, 0.15) is 17.1 Å². The normalized spacial score (nSPS) is 11.2. The highest BCUT2D eigenvalue weighted by molar-refractivity contribution is 6.12. The zero-order chi connectivity index (χ0) is 19.1. The molecule has 0 aliphatic carbocycles. The fourth-order valence-electron chi connectivity index (χ4n) is 3.52. The van der Waals surface area contributed by atoms with Crippen LogP contribution >= 0.6 is 0 Å². The third kappa shape index (κ3) is 2.67. The van der Waals surface area contributed by atoms with E-state index < -0.39 is 0 Å². The van der Waals surface area contributed by atoms with Gasteiger partial charge in [-0.3, -0.25) is 0 Å². The van der Waals surface area contributed by atoms with E-state index in [0.717, 1.165) is 38.9 Å². The van der Waals surface area contributed by atoms with Crippen LogP contribution in [0.3, 0.4) is 0 Å². The van der Waals surface area contributed by atoms with E-state index in [9.17, 15) is 5.11 Å². The van der Waals surface area contributed by atoms with E-state index >= 15 is 0 Å². The van der Waals surface area contributed by atoms with E-state index in [2.05, 4.69) is 6.07 Å². The first-order valence-electron chi connectivity index (χ1n) is 8.99. The number of pyridine rings is 1. The van der Waals surface area contributed by atoms with Crippen LogP contribution in [0.1, 0.15) is 0 Å². The number of phenols is 1. The number of ether oxygens (including phenoxy) is 1. The Morgan fingerprint density at radius 1 is 0.857 bits per heavy atom. The second-order valence-corrected chi connectivity index (χ2v) is 6.61. The number of furan rings is 1. The summed E-state index contributed by atoms with van der Waals surface area (Å²) in [5.74, 6) is 0.972. The molecule has 5 rings (SSSR count). The SMILES string of the molecule is COc1ccc(-c2cc(-c3ccccc3)nc3oc4cc(O)ccc4c23)cc1. The molecular weight excluding hydrogens is 350 g/mol. The Balaban J connectivity index is 1.84. The first-order valence-corrected chi connectivity index (χ1v) is 8.99. The smallest absolute Gasteiger partial charge is 0.228 e. The van der Waals surface area contributed by atoms with Crippen LogP contribution in [0.4, 0.5) is 0 Å². The summed E-state index contributed by atoms with van der Waals surface area (Å²) < 4.78 is 11.3. The summed E-state index contributed by atoms with van der Waals surface area (Å²) in [7, 11) is 1.66. The van der Waals surface area contributed by atoms with Crippen LogP contribution in [0.5, 0.6) is 11.5 Å². The van der Waals surface area contributed by atoms with Crippen molar-refractivity contribution in [3.8, 4) is 33.9 Å². The zero-order valence-corrected chi connectivity index (χ0v) is 15.2. The summed E-state index contributed by atoms with van der Waals surface area (Å²) in [4.78, 5) is 4.76. The summed E-state index contributed by atoms with van der Waals surface area (Å²) in [6.45, 7) is 0. The van der Waals surface area contributed by atoms with E-state index in [1.54, 1.807) is 19.2 Å². The van der Waals surface area contributed by atoms with E-state index in [1.807, 2.05) is 60.7 Å². The van der Waals surface area contributed by atoms with Gasteiger partial charge < -0.3 is 14.3 Å². The minimum Gasteiger partial charge on any atom is -0.508 e. The number of hydrogen-bond acceptors (Lipinski definition) is 4. The van der Waals surface area contributed by atoms with Gasteiger partial charge in [0.2, 0.25) is 5.71 Å². The van der Waals surface area contributed by atoms with Crippen molar-refractivity contribution in [1.82, 2.24) is 4.98 Å². The van der Waals surface area contributed by atoms with E-state index in [-0.39, 0.29) is 5.75 Å². The maximum atomic E-state index is 9.84. The van der Waals surface area contributed by atoms with Crippen molar-refractivity contribution < 1.29 is 14.3 Å². The van der Waals surface area contributed by atoms with Crippen LogP contribution in [0.15, 0.2) is 83.3 Å². The van der Waals surface area contributed by atoms with E-state index in [1.165, 1.54) is 0 Å². The minimum atomic E-state index is 0.167. The zero-order valence-electron chi connectivity index (χ0n) is 15.2. The summed E-state index contributed by atoms with van der Waals surface area (Å²) in [5.41, 5.74) is 5.08. The molecule has 1 N–H and O–H groups in total. The monoisotopic (exact) mass is 367 g/mol. The van der Waals surface area contributed by atoms with Crippen LogP contribution in [-0.2, 0) is 0 Å². The fourth-order valence-corrected chi connectivity index (χ4v) is 3.52. The molecule has 136 valence electrons. The first-order chi connectivity index (χ1) is 13.7. The first kappa shape index (κ1) is 16.4. The number of fused-ring (bicyclic) bond motifs is 3. The van der Waals surface area contributed by atoms with Crippen molar-refractivity contribution in [1.29, 1.82) is 0 Å². The molecule has 0 aliphatic heterocycles. The highest BCUT2D eigenvalue weighted by atomic mass is 16.5. The molecule has 0 aliphatic rings.